The lowest BCUT2D eigenvalue weighted by Gasteiger charge is -2.47. The number of methoxy groups -OCH3 is 2. The van der Waals surface area contributed by atoms with Crippen molar-refractivity contribution in [2.24, 2.45) is 5.41 Å². The van der Waals surface area contributed by atoms with Crippen LogP contribution in [0.2, 0.25) is 10.0 Å². The molecule has 3 amide bonds. The molecule has 3 aliphatic rings. The van der Waals surface area contributed by atoms with Gasteiger partial charge < -0.3 is 29.7 Å². The zero-order chi connectivity index (χ0) is 38.1. The highest BCUT2D eigenvalue weighted by molar-refractivity contribution is 6.39. The molecule has 3 aliphatic heterocycles. The predicted molar refractivity (Wildman–Crippen MR) is 203 cm³/mol. The summed E-state index contributed by atoms with van der Waals surface area (Å²) in [7, 11) is 3.09. The number of likely N-dealkylation sites (tertiary alicyclic amines) is 2. The van der Waals surface area contributed by atoms with Crippen molar-refractivity contribution in [1.29, 1.82) is 0 Å². The number of nitrogens with zero attached hydrogens (tertiary/aromatic N) is 6. The van der Waals surface area contributed by atoms with Gasteiger partial charge in [-0.1, -0.05) is 47.5 Å². The molecular formula is C39H41Cl2N7O6. The number of amides is 3. The van der Waals surface area contributed by atoms with Crippen molar-refractivity contribution in [2.45, 2.75) is 45.3 Å². The molecule has 15 heteroatoms. The van der Waals surface area contributed by atoms with Gasteiger partial charge in [0.15, 0.2) is 0 Å². The minimum Gasteiger partial charge on any atom is -0.481 e. The monoisotopic (exact) mass is 773 g/mol. The van der Waals surface area contributed by atoms with Crippen LogP contribution in [0, 0.1) is 5.41 Å². The average Bonchev–Trinajstić information content (AvgIpc) is 3.55. The summed E-state index contributed by atoms with van der Waals surface area (Å²) >= 11 is 14.1. The summed E-state index contributed by atoms with van der Waals surface area (Å²) in [5.41, 5.74) is 5.05. The van der Waals surface area contributed by atoms with Gasteiger partial charge in [0, 0.05) is 98.1 Å². The van der Waals surface area contributed by atoms with Crippen LogP contribution in [0.3, 0.4) is 0 Å². The van der Waals surface area contributed by atoms with Crippen LogP contribution in [0.5, 0.6) is 11.8 Å². The molecule has 1 spiro atoms. The van der Waals surface area contributed by atoms with Gasteiger partial charge in [0.2, 0.25) is 23.6 Å². The zero-order valence-electron chi connectivity index (χ0n) is 30.3. The van der Waals surface area contributed by atoms with Gasteiger partial charge in [-0.05, 0) is 37.1 Å². The fourth-order valence-electron chi connectivity index (χ4n) is 7.83. The molecule has 3 fully saturated rings. The fraction of sp³-hybridized carbons (Fsp3) is 0.385. The zero-order valence-corrected chi connectivity index (χ0v) is 31.8. The predicted octanol–water partition coefficient (Wildman–Crippen LogP) is 6.01. The van der Waals surface area contributed by atoms with Gasteiger partial charge in [0.25, 0.3) is 0 Å². The van der Waals surface area contributed by atoms with Crippen LogP contribution in [-0.4, -0.2) is 106 Å². The van der Waals surface area contributed by atoms with Crippen LogP contribution in [0.25, 0.3) is 33.8 Å². The van der Waals surface area contributed by atoms with Gasteiger partial charge in [-0.15, -0.1) is 0 Å². The number of halogens is 2. The molecule has 6 heterocycles. The smallest absolute Gasteiger partial charge is 0.407 e. The largest absolute Gasteiger partial charge is 0.481 e. The minimum atomic E-state index is -1.05. The van der Waals surface area contributed by atoms with Crippen molar-refractivity contribution in [1.82, 2.24) is 35.0 Å². The van der Waals surface area contributed by atoms with E-state index in [9.17, 15) is 19.5 Å². The van der Waals surface area contributed by atoms with Crippen LogP contribution in [-0.2, 0) is 22.7 Å². The van der Waals surface area contributed by atoms with Gasteiger partial charge in [-0.3, -0.25) is 19.5 Å². The average molecular weight is 775 g/mol. The summed E-state index contributed by atoms with van der Waals surface area (Å²) in [5, 5.41) is 13.8. The molecule has 0 radical (unpaired) electrons. The Morgan fingerprint density at radius 3 is 2.17 bits per heavy atom. The molecule has 0 atom stereocenters. The maximum atomic E-state index is 12.3. The van der Waals surface area contributed by atoms with E-state index in [0.717, 1.165) is 25.2 Å². The molecule has 0 saturated carbocycles. The summed E-state index contributed by atoms with van der Waals surface area (Å²) < 4.78 is 11.4. The Balaban J connectivity index is 1.11. The lowest BCUT2D eigenvalue weighted by atomic mass is 9.79. The number of carbonyl (C=O) groups is 3. The van der Waals surface area contributed by atoms with Crippen LogP contribution in [0.15, 0.2) is 54.7 Å². The second-order valence-electron chi connectivity index (χ2n) is 14.2. The first-order valence-electron chi connectivity index (χ1n) is 17.8. The normalized spacial score (nSPS) is 16.9. The van der Waals surface area contributed by atoms with Crippen molar-refractivity contribution >= 4 is 41.1 Å². The number of ether oxygens (including phenoxy) is 2. The Bertz CT molecular complexity index is 2100. The van der Waals surface area contributed by atoms with E-state index in [1.807, 2.05) is 30.3 Å². The number of benzene rings is 1. The third-order valence-corrected chi connectivity index (χ3v) is 11.4. The molecule has 282 valence electrons. The molecule has 0 aliphatic carbocycles. The number of hydrogen-bond acceptors (Lipinski definition) is 9. The van der Waals surface area contributed by atoms with E-state index in [0.29, 0.717) is 94.2 Å². The maximum Gasteiger partial charge on any atom is 0.407 e. The summed E-state index contributed by atoms with van der Waals surface area (Å²) in [6.45, 7) is 5.69. The molecule has 0 bridgehead atoms. The third kappa shape index (κ3) is 7.40. The second-order valence-corrected chi connectivity index (χ2v) is 14.9. The van der Waals surface area contributed by atoms with Crippen molar-refractivity contribution in [3.8, 4) is 45.5 Å². The number of piperidine rings is 1. The number of aromatic nitrogens is 3. The van der Waals surface area contributed by atoms with Crippen molar-refractivity contribution < 1.29 is 29.0 Å². The Morgan fingerprint density at radius 1 is 0.926 bits per heavy atom. The van der Waals surface area contributed by atoms with Crippen LogP contribution in [0.4, 0.5) is 4.79 Å². The standard InChI is InChI=1S/C39H41Cl2N7O6/c1-23(49)47-15-12-26(13-16-47)48(38(51)52)19-25-8-10-31(45-37(25)54-3)28-11-14-42-35(34(28)41)29-6-4-5-27(33(29)40)30-9-7-24(36(44-30)53-2)18-46-21-39(22-46)17-32(50)43-20-39/h4-11,14,26H,12-13,15-22H2,1-3H3,(H,43,50)(H,51,52). The highest BCUT2D eigenvalue weighted by Crippen LogP contribution is 2.42. The van der Waals surface area contributed by atoms with Gasteiger partial charge in [0.05, 0.1) is 47.9 Å². The number of carboxylic acid groups (broad SMARTS) is 1. The van der Waals surface area contributed by atoms with Gasteiger partial charge in [0.1, 0.15) is 0 Å². The van der Waals surface area contributed by atoms with Crippen molar-refractivity contribution in [3.05, 3.63) is 75.9 Å². The number of pyridine rings is 3. The van der Waals surface area contributed by atoms with Crippen LogP contribution < -0.4 is 14.8 Å². The maximum absolute atomic E-state index is 12.3. The van der Waals surface area contributed by atoms with E-state index in [-0.39, 0.29) is 35.7 Å². The van der Waals surface area contributed by atoms with Crippen molar-refractivity contribution in [3.63, 3.8) is 0 Å². The van der Waals surface area contributed by atoms with Crippen LogP contribution >= 0.6 is 23.2 Å². The molecule has 3 aromatic heterocycles. The summed E-state index contributed by atoms with van der Waals surface area (Å²) in [5.74, 6) is 0.884. The summed E-state index contributed by atoms with van der Waals surface area (Å²) in [4.78, 5) is 55.5. The topological polar surface area (TPSA) is 150 Å². The molecule has 3 saturated heterocycles. The van der Waals surface area contributed by atoms with Gasteiger partial charge in [-0.25, -0.2) is 14.8 Å². The Hall–Kier alpha value is -4.98. The van der Waals surface area contributed by atoms with Gasteiger partial charge in [-0.2, -0.15) is 0 Å². The molecule has 2 N–H and O–H groups in total. The van der Waals surface area contributed by atoms with E-state index in [2.05, 4.69) is 15.2 Å². The first kappa shape index (κ1) is 37.3. The fourth-order valence-corrected chi connectivity index (χ4v) is 8.46. The molecule has 13 nitrogen and oxygen atoms in total. The molecule has 7 rings (SSSR count). The lowest BCUT2D eigenvalue weighted by Crippen LogP contribution is -2.56. The van der Waals surface area contributed by atoms with Gasteiger partial charge >= 0.3 is 6.09 Å². The molecular weight excluding hydrogens is 733 g/mol. The number of rotatable bonds is 10. The Morgan fingerprint density at radius 2 is 1.56 bits per heavy atom. The molecule has 0 unspecified atom stereocenters. The summed E-state index contributed by atoms with van der Waals surface area (Å²) in [6.07, 6.45) is 2.26. The molecule has 54 heavy (non-hydrogen) atoms. The third-order valence-electron chi connectivity index (χ3n) is 10.6. The first-order valence-corrected chi connectivity index (χ1v) is 18.5. The Kier molecular flexibility index (Phi) is 10.7. The number of carbonyl (C=O) groups excluding carboxylic acids is 2. The van der Waals surface area contributed by atoms with E-state index < -0.39 is 6.09 Å². The Labute approximate surface area is 323 Å². The van der Waals surface area contributed by atoms with Crippen molar-refractivity contribution in [2.75, 3.05) is 46.9 Å². The van der Waals surface area contributed by atoms with E-state index in [1.165, 1.54) is 18.9 Å². The number of nitrogens with one attached hydrogen (secondary N) is 1. The van der Waals surface area contributed by atoms with E-state index >= 15 is 0 Å². The lowest BCUT2D eigenvalue weighted by molar-refractivity contribution is -0.130. The summed E-state index contributed by atoms with van der Waals surface area (Å²) in [6, 6.07) is 14.6. The molecule has 1 aromatic carbocycles. The first-order chi connectivity index (χ1) is 26.0. The SMILES string of the molecule is COc1nc(-c2cccc(-c3nccc(-c4ccc(CN(C(=O)O)C5CCN(C(C)=O)CC5)c(OC)n4)c3Cl)c2Cl)ccc1CN1CC2(CNC(=O)C2)C1. The highest BCUT2D eigenvalue weighted by Gasteiger charge is 2.48. The molecule has 4 aromatic rings. The second kappa shape index (κ2) is 15.4. The van der Waals surface area contributed by atoms with E-state index in [1.54, 1.807) is 36.4 Å². The number of hydrogen-bond donors (Lipinski definition) is 2. The van der Waals surface area contributed by atoms with Crippen LogP contribution in [0.1, 0.15) is 37.3 Å². The minimum absolute atomic E-state index is 0.0117. The van der Waals surface area contributed by atoms with E-state index in [4.69, 9.17) is 42.6 Å². The quantitative estimate of drug-likeness (QED) is 0.196. The highest BCUT2D eigenvalue weighted by atomic mass is 35.5.